The van der Waals surface area contributed by atoms with E-state index in [2.05, 4.69) is 10.3 Å². The average Bonchev–Trinajstić information content (AvgIpc) is 2.72. The predicted octanol–water partition coefficient (Wildman–Crippen LogP) is 3.70. The van der Waals surface area contributed by atoms with Crippen molar-refractivity contribution in [2.24, 2.45) is 0 Å². The molecule has 0 aliphatic rings. The molecule has 2 aromatic carbocycles. The summed E-state index contributed by atoms with van der Waals surface area (Å²) in [5.74, 6) is 1.11. The summed E-state index contributed by atoms with van der Waals surface area (Å²) in [6, 6.07) is 17.2. The van der Waals surface area contributed by atoms with Gasteiger partial charge in [0.2, 0.25) is 0 Å². The lowest BCUT2D eigenvalue weighted by Crippen LogP contribution is -2.23. The van der Waals surface area contributed by atoms with Gasteiger partial charge >= 0.3 is 0 Å². The third-order valence-corrected chi connectivity index (χ3v) is 4.01. The van der Waals surface area contributed by atoms with Crippen molar-refractivity contribution in [1.29, 1.82) is 0 Å². The van der Waals surface area contributed by atoms with Crippen LogP contribution in [0.1, 0.15) is 15.9 Å². The van der Waals surface area contributed by atoms with Crippen LogP contribution >= 0.6 is 0 Å². The summed E-state index contributed by atoms with van der Waals surface area (Å²) in [6.07, 6.45) is 3.32. The fourth-order valence-corrected chi connectivity index (χ4v) is 2.63. The molecular weight excluding hydrogens is 328 g/mol. The molecule has 1 aromatic heterocycles. The van der Waals surface area contributed by atoms with Gasteiger partial charge in [0.25, 0.3) is 5.91 Å². The lowest BCUT2D eigenvalue weighted by Gasteiger charge is -2.10. The lowest BCUT2D eigenvalue weighted by atomic mass is 10.1. The molecule has 0 bridgehead atoms. The van der Waals surface area contributed by atoms with Gasteiger partial charge < -0.3 is 14.8 Å². The molecule has 0 fully saturated rings. The molecule has 0 atom stereocenters. The van der Waals surface area contributed by atoms with Gasteiger partial charge in [-0.15, -0.1) is 0 Å². The summed E-state index contributed by atoms with van der Waals surface area (Å²) in [4.78, 5) is 16.7. The minimum absolute atomic E-state index is 0.176. The molecule has 5 nitrogen and oxygen atoms in total. The monoisotopic (exact) mass is 348 g/mol. The van der Waals surface area contributed by atoms with Gasteiger partial charge in [0.05, 0.1) is 19.8 Å². The number of aromatic nitrogens is 1. The Bertz CT molecular complexity index is 895. The van der Waals surface area contributed by atoms with Crippen LogP contribution in [0.4, 0.5) is 0 Å². The van der Waals surface area contributed by atoms with E-state index in [-0.39, 0.29) is 5.91 Å². The summed E-state index contributed by atoms with van der Waals surface area (Å²) < 4.78 is 10.5. The van der Waals surface area contributed by atoms with Crippen molar-refractivity contribution in [1.82, 2.24) is 10.3 Å². The Morgan fingerprint density at radius 1 is 0.923 bits per heavy atom. The van der Waals surface area contributed by atoms with Gasteiger partial charge in [0, 0.05) is 24.5 Å². The third-order valence-electron chi connectivity index (χ3n) is 4.01. The smallest absolute Gasteiger partial charge is 0.253 e. The van der Waals surface area contributed by atoms with Crippen molar-refractivity contribution in [2.75, 3.05) is 14.2 Å². The molecule has 0 saturated carbocycles. The first-order valence-electron chi connectivity index (χ1n) is 8.21. The Morgan fingerprint density at radius 2 is 1.69 bits per heavy atom. The van der Waals surface area contributed by atoms with Crippen molar-refractivity contribution in [2.45, 2.75) is 6.54 Å². The zero-order chi connectivity index (χ0) is 18.4. The molecule has 26 heavy (non-hydrogen) atoms. The number of methoxy groups -OCH3 is 2. The largest absolute Gasteiger partial charge is 0.493 e. The highest BCUT2D eigenvalue weighted by atomic mass is 16.5. The highest BCUT2D eigenvalue weighted by Crippen LogP contribution is 2.27. The van der Waals surface area contributed by atoms with Crippen LogP contribution in [-0.2, 0) is 6.54 Å². The van der Waals surface area contributed by atoms with Crippen LogP contribution in [0.3, 0.4) is 0 Å². The number of carbonyl (C=O) groups excluding carboxylic acids is 1. The molecule has 1 heterocycles. The van der Waals surface area contributed by atoms with Crippen LogP contribution in [0.5, 0.6) is 11.5 Å². The maximum absolute atomic E-state index is 12.5. The van der Waals surface area contributed by atoms with E-state index in [9.17, 15) is 4.79 Å². The molecule has 1 amide bonds. The Labute approximate surface area is 152 Å². The number of hydrogen-bond acceptors (Lipinski definition) is 4. The number of carbonyl (C=O) groups is 1. The van der Waals surface area contributed by atoms with Crippen molar-refractivity contribution in [3.8, 4) is 22.6 Å². The van der Waals surface area contributed by atoms with E-state index in [0.717, 1.165) is 16.7 Å². The third kappa shape index (κ3) is 4.00. The minimum Gasteiger partial charge on any atom is -0.493 e. The highest BCUT2D eigenvalue weighted by Gasteiger charge is 2.09. The molecule has 3 aromatic rings. The van der Waals surface area contributed by atoms with Crippen molar-refractivity contribution in [3.05, 3.63) is 78.1 Å². The highest BCUT2D eigenvalue weighted by molar-refractivity contribution is 5.95. The molecule has 132 valence electrons. The number of benzene rings is 2. The van der Waals surface area contributed by atoms with Gasteiger partial charge in [-0.1, -0.05) is 36.4 Å². The number of pyridine rings is 1. The zero-order valence-corrected chi connectivity index (χ0v) is 14.7. The quantitative estimate of drug-likeness (QED) is 0.738. The molecular formula is C21H20N2O3. The predicted molar refractivity (Wildman–Crippen MR) is 100 cm³/mol. The number of nitrogens with one attached hydrogen (secondary N) is 1. The SMILES string of the molecule is COc1ccc(CNC(=O)c2cncc(-c3ccccc3)c2)cc1OC. The normalized spacial score (nSPS) is 10.2. The summed E-state index contributed by atoms with van der Waals surface area (Å²) in [5, 5.41) is 2.91. The van der Waals surface area contributed by atoms with E-state index in [4.69, 9.17) is 9.47 Å². The van der Waals surface area contributed by atoms with E-state index in [1.54, 1.807) is 26.6 Å². The molecule has 0 aliphatic carbocycles. The first-order valence-corrected chi connectivity index (χ1v) is 8.21. The number of hydrogen-bond donors (Lipinski definition) is 1. The topological polar surface area (TPSA) is 60.5 Å². The maximum atomic E-state index is 12.5. The number of nitrogens with zero attached hydrogens (tertiary/aromatic N) is 1. The summed E-state index contributed by atoms with van der Waals surface area (Å²) >= 11 is 0. The molecule has 0 radical (unpaired) electrons. The van der Waals surface area contributed by atoms with Gasteiger partial charge in [-0.3, -0.25) is 9.78 Å². The second kappa shape index (κ2) is 8.16. The molecule has 0 spiro atoms. The van der Waals surface area contributed by atoms with Gasteiger partial charge in [-0.05, 0) is 29.3 Å². The van der Waals surface area contributed by atoms with E-state index < -0.39 is 0 Å². The van der Waals surface area contributed by atoms with Gasteiger partial charge in [-0.25, -0.2) is 0 Å². The second-order valence-electron chi connectivity index (χ2n) is 5.70. The Kier molecular flexibility index (Phi) is 5.49. The first kappa shape index (κ1) is 17.5. The average molecular weight is 348 g/mol. The zero-order valence-electron chi connectivity index (χ0n) is 14.7. The summed E-state index contributed by atoms with van der Waals surface area (Å²) in [7, 11) is 3.17. The Balaban J connectivity index is 1.71. The number of ether oxygens (including phenoxy) is 2. The van der Waals surface area contributed by atoms with E-state index >= 15 is 0 Å². The standard InChI is InChI=1S/C21H20N2O3/c1-25-19-9-8-15(10-20(19)26-2)12-23-21(24)18-11-17(13-22-14-18)16-6-4-3-5-7-16/h3-11,13-14H,12H2,1-2H3,(H,23,24). The molecule has 0 saturated heterocycles. The van der Waals surface area contributed by atoms with Gasteiger partial charge in [0.1, 0.15) is 0 Å². The van der Waals surface area contributed by atoms with Crippen LogP contribution in [0.2, 0.25) is 0 Å². The van der Waals surface area contributed by atoms with Crippen LogP contribution < -0.4 is 14.8 Å². The Morgan fingerprint density at radius 3 is 2.42 bits per heavy atom. The van der Waals surface area contributed by atoms with Crippen LogP contribution in [-0.4, -0.2) is 25.1 Å². The molecule has 0 unspecified atom stereocenters. The molecule has 5 heteroatoms. The minimum atomic E-state index is -0.176. The van der Waals surface area contributed by atoms with Gasteiger partial charge in [-0.2, -0.15) is 0 Å². The fraction of sp³-hybridized carbons (Fsp3) is 0.143. The van der Waals surface area contributed by atoms with Crippen LogP contribution in [0.25, 0.3) is 11.1 Å². The van der Waals surface area contributed by atoms with E-state index in [1.165, 1.54) is 0 Å². The van der Waals surface area contributed by atoms with Crippen molar-refractivity contribution < 1.29 is 14.3 Å². The number of amides is 1. The van der Waals surface area contributed by atoms with Crippen LogP contribution in [0, 0.1) is 0 Å². The van der Waals surface area contributed by atoms with Gasteiger partial charge in [0.15, 0.2) is 11.5 Å². The maximum Gasteiger partial charge on any atom is 0.253 e. The molecule has 3 rings (SSSR count). The second-order valence-corrected chi connectivity index (χ2v) is 5.70. The summed E-state index contributed by atoms with van der Waals surface area (Å²) in [6.45, 7) is 0.384. The van der Waals surface area contributed by atoms with Crippen LogP contribution in [0.15, 0.2) is 67.0 Å². The van der Waals surface area contributed by atoms with E-state index in [0.29, 0.717) is 23.6 Å². The van der Waals surface area contributed by atoms with Crippen molar-refractivity contribution in [3.63, 3.8) is 0 Å². The Hall–Kier alpha value is -3.34. The fourth-order valence-electron chi connectivity index (χ4n) is 2.63. The lowest BCUT2D eigenvalue weighted by molar-refractivity contribution is 0.0950. The summed E-state index contributed by atoms with van der Waals surface area (Å²) in [5.41, 5.74) is 3.37. The number of rotatable bonds is 6. The molecule has 0 aliphatic heterocycles. The van der Waals surface area contributed by atoms with E-state index in [1.807, 2.05) is 54.6 Å². The van der Waals surface area contributed by atoms with Crippen molar-refractivity contribution >= 4 is 5.91 Å². The molecule has 1 N–H and O–H groups in total. The first-order chi connectivity index (χ1) is 12.7.